The van der Waals surface area contributed by atoms with Crippen molar-refractivity contribution in [3.05, 3.63) is 23.8 Å². The topological polar surface area (TPSA) is 73.9 Å². The van der Waals surface area contributed by atoms with Crippen molar-refractivity contribution in [2.24, 2.45) is 5.73 Å². The molecule has 3 N–H and O–H groups in total. The average molecular weight is 253 g/mol. The maximum Gasteiger partial charge on any atom is 0.167 e. The Balaban J connectivity index is 2.27. The second-order valence-electron chi connectivity index (χ2n) is 4.23. The van der Waals surface area contributed by atoms with Gasteiger partial charge in [0, 0.05) is 18.5 Å². The molecule has 0 radical (unpaired) electrons. The molecule has 0 saturated carbocycles. The second kappa shape index (κ2) is 6.04. The highest BCUT2D eigenvalue weighted by Crippen LogP contribution is 2.36. The molecule has 1 aliphatic rings. The van der Waals surface area contributed by atoms with Crippen molar-refractivity contribution in [3.63, 3.8) is 0 Å². The van der Waals surface area contributed by atoms with E-state index in [0.717, 1.165) is 6.42 Å². The molecule has 1 fully saturated rings. The largest absolute Gasteiger partial charge is 0.493 e. The van der Waals surface area contributed by atoms with Crippen LogP contribution in [-0.2, 0) is 4.74 Å². The lowest BCUT2D eigenvalue weighted by atomic mass is 10.1. The molecule has 100 valence electrons. The zero-order chi connectivity index (χ0) is 13.0. The van der Waals surface area contributed by atoms with Crippen LogP contribution in [0.25, 0.3) is 0 Å². The molecule has 0 bridgehead atoms. The molecule has 1 saturated heterocycles. The first-order valence-electron chi connectivity index (χ1n) is 6.05. The second-order valence-corrected chi connectivity index (χ2v) is 4.23. The lowest BCUT2D eigenvalue weighted by molar-refractivity contribution is 0.130. The molecule has 5 heteroatoms. The summed E-state index contributed by atoms with van der Waals surface area (Å²) < 4.78 is 16.4. The number of aliphatic hydroxyl groups excluding tert-OH is 1. The van der Waals surface area contributed by atoms with Crippen LogP contribution in [-0.4, -0.2) is 38.1 Å². The molecule has 2 rings (SSSR count). The highest BCUT2D eigenvalue weighted by atomic mass is 16.6. The molecule has 0 aromatic heterocycles. The third-order valence-electron chi connectivity index (χ3n) is 2.98. The first-order valence-corrected chi connectivity index (χ1v) is 6.05. The summed E-state index contributed by atoms with van der Waals surface area (Å²) in [6.07, 6.45) is 0.0957. The zero-order valence-corrected chi connectivity index (χ0v) is 10.5. The molecular weight excluding hydrogens is 234 g/mol. The van der Waals surface area contributed by atoms with Crippen molar-refractivity contribution < 1.29 is 19.3 Å². The Hall–Kier alpha value is -1.30. The Labute approximate surface area is 106 Å². The highest BCUT2D eigenvalue weighted by Gasteiger charge is 2.23. The van der Waals surface area contributed by atoms with Crippen LogP contribution in [0.15, 0.2) is 18.2 Å². The summed E-state index contributed by atoms with van der Waals surface area (Å²) in [5, 5.41) is 9.91. The van der Waals surface area contributed by atoms with Crippen molar-refractivity contribution in [1.29, 1.82) is 0 Å². The van der Waals surface area contributed by atoms with Gasteiger partial charge < -0.3 is 25.1 Å². The Bertz CT molecular complexity index is 391. The molecule has 2 atom stereocenters. The molecule has 18 heavy (non-hydrogen) atoms. The van der Waals surface area contributed by atoms with Crippen LogP contribution in [0.5, 0.6) is 11.5 Å². The lowest BCUT2D eigenvalue weighted by Crippen LogP contribution is -2.19. The van der Waals surface area contributed by atoms with Gasteiger partial charge in [-0.15, -0.1) is 0 Å². The number of methoxy groups -OCH3 is 1. The van der Waals surface area contributed by atoms with Gasteiger partial charge in [-0.05, 0) is 6.07 Å². The molecule has 0 amide bonds. The monoisotopic (exact) mass is 253 g/mol. The van der Waals surface area contributed by atoms with E-state index in [1.807, 2.05) is 6.07 Å². The number of ether oxygens (including phenoxy) is 3. The van der Waals surface area contributed by atoms with E-state index in [1.165, 1.54) is 0 Å². The number of hydrogen-bond acceptors (Lipinski definition) is 5. The molecule has 0 aliphatic carbocycles. The number of para-hydroxylation sites is 1. The van der Waals surface area contributed by atoms with Crippen LogP contribution in [0.3, 0.4) is 0 Å². The van der Waals surface area contributed by atoms with E-state index in [-0.39, 0.29) is 12.6 Å². The van der Waals surface area contributed by atoms with E-state index < -0.39 is 6.10 Å². The number of benzene rings is 1. The van der Waals surface area contributed by atoms with Gasteiger partial charge >= 0.3 is 0 Å². The van der Waals surface area contributed by atoms with Crippen molar-refractivity contribution >= 4 is 0 Å². The summed E-state index contributed by atoms with van der Waals surface area (Å²) in [6.45, 7) is 1.41. The van der Waals surface area contributed by atoms with Crippen LogP contribution in [0, 0.1) is 0 Å². The predicted molar refractivity (Wildman–Crippen MR) is 66.9 cm³/mol. The third kappa shape index (κ3) is 2.75. The van der Waals surface area contributed by atoms with E-state index in [2.05, 4.69) is 0 Å². The molecule has 1 aromatic carbocycles. The molecule has 2 unspecified atom stereocenters. The van der Waals surface area contributed by atoms with Gasteiger partial charge in [0.05, 0.1) is 26.4 Å². The van der Waals surface area contributed by atoms with Crippen LogP contribution >= 0.6 is 0 Å². The Morgan fingerprint density at radius 2 is 2.39 bits per heavy atom. The number of aliphatic hydroxyl groups is 1. The van der Waals surface area contributed by atoms with Crippen molar-refractivity contribution in [2.45, 2.75) is 18.6 Å². The summed E-state index contributed by atoms with van der Waals surface area (Å²) in [5.74, 6) is 1.17. The summed E-state index contributed by atoms with van der Waals surface area (Å²) >= 11 is 0. The fraction of sp³-hybridized carbons (Fsp3) is 0.538. The van der Waals surface area contributed by atoms with Gasteiger partial charge in [0.25, 0.3) is 0 Å². The van der Waals surface area contributed by atoms with Gasteiger partial charge in [-0.2, -0.15) is 0 Å². The first-order chi connectivity index (χ1) is 8.76. The van der Waals surface area contributed by atoms with Gasteiger partial charge in [-0.1, -0.05) is 12.1 Å². The molecule has 1 aromatic rings. The third-order valence-corrected chi connectivity index (χ3v) is 2.98. The van der Waals surface area contributed by atoms with E-state index in [9.17, 15) is 5.11 Å². The molecular formula is C13H19NO4. The molecule has 5 nitrogen and oxygen atoms in total. The van der Waals surface area contributed by atoms with E-state index in [0.29, 0.717) is 30.3 Å². The van der Waals surface area contributed by atoms with Crippen LogP contribution < -0.4 is 15.2 Å². The quantitative estimate of drug-likeness (QED) is 0.814. The average Bonchev–Trinajstić information content (AvgIpc) is 2.91. The summed E-state index contributed by atoms with van der Waals surface area (Å²) in [5.41, 5.74) is 6.16. The van der Waals surface area contributed by atoms with E-state index in [1.54, 1.807) is 19.2 Å². The fourth-order valence-electron chi connectivity index (χ4n) is 1.98. The van der Waals surface area contributed by atoms with E-state index >= 15 is 0 Å². The Kier molecular flexibility index (Phi) is 4.41. The minimum atomic E-state index is -0.752. The first kappa shape index (κ1) is 13.1. The van der Waals surface area contributed by atoms with Crippen molar-refractivity contribution in [3.8, 4) is 11.5 Å². The number of rotatable bonds is 5. The highest BCUT2D eigenvalue weighted by molar-refractivity contribution is 5.48. The Morgan fingerprint density at radius 3 is 3.00 bits per heavy atom. The fourth-order valence-corrected chi connectivity index (χ4v) is 1.98. The molecule has 1 aliphatic heterocycles. The van der Waals surface area contributed by atoms with Crippen molar-refractivity contribution in [1.82, 2.24) is 0 Å². The van der Waals surface area contributed by atoms with Crippen LogP contribution in [0.4, 0.5) is 0 Å². The van der Waals surface area contributed by atoms with Gasteiger partial charge in [0.1, 0.15) is 6.10 Å². The van der Waals surface area contributed by atoms with Gasteiger partial charge in [0.15, 0.2) is 11.5 Å². The summed E-state index contributed by atoms with van der Waals surface area (Å²) in [4.78, 5) is 0. The van der Waals surface area contributed by atoms with E-state index in [4.69, 9.17) is 19.9 Å². The molecule has 1 heterocycles. The summed E-state index contributed by atoms with van der Waals surface area (Å²) in [6, 6.07) is 5.41. The maximum atomic E-state index is 9.91. The smallest absolute Gasteiger partial charge is 0.167 e. The number of nitrogens with two attached hydrogens (primary N) is 1. The zero-order valence-electron chi connectivity index (χ0n) is 10.5. The number of hydrogen-bond donors (Lipinski definition) is 2. The normalized spacial score (nSPS) is 20.7. The maximum absolute atomic E-state index is 9.91. The van der Waals surface area contributed by atoms with Gasteiger partial charge in [-0.3, -0.25) is 0 Å². The van der Waals surface area contributed by atoms with Gasteiger partial charge in [-0.25, -0.2) is 0 Å². The lowest BCUT2D eigenvalue weighted by Gasteiger charge is -2.20. The van der Waals surface area contributed by atoms with Crippen molar-refractivity contribution in [2.75, 3.05) is 26.9 Å². The van der Waals surface area contributed by atoms with Gasteiger partial charge in [0.2, 0.25) is 0 Å². The minimum Gasteiger partial charge on any atom is -0.493 e. The van der Waals surface area contributed by atoms with Crippen LogP contribution in [0.2, 0.25) is 0 Å². The Morgan fingerprint density at radius 1 is 1.56 bits per heavy atom. The SMILES string of the molecule is COc1cccc(C(O)CN)c1OC1CCOC1. The molecule has 0 spiro atoms. The minimum absolute atomic E-state index is 0.00465. The predicted octanol–water partition coefficient (Wildman–Crippen LogP) is 0.855. The summed E-state index contributed by atoms with van der Waals surface area (Å²) in [7, 11) is 1.58. The standard InChI is InChI=1S/C13H19NO4/c1-16-12-4-2-3-10(11(15)7-14)13(12)18-9-5-6-17-8-9/h2-4,9,11,15H,5-8,14H2,1H3. The van der Waals surface area contributed by atoms with Crippen LogP contribution in [0.1, 0.15) is 18.1 Å².